The van der Waals surface area contributed by atoms with Crippen LogP contribution < -0.4 is 10.3 Å². The lowest BCUT2D eigenvalue weighted by atomic mass is 10.1. The van der Waals surface area contributed by atoms with Gasteiger partial charge in [0.2, 0.25) is 0 Å². The summed E-state index contributed by atoms with van der Waals surface area (Å²) in [6, 6.07) is 8.80. The summed E-state index contributed by atoms with van der Waals surface area (Å²) >= 11 is 0. The lowest BCUT2D eigenvalue weighted by Crippen LogP contribution is -2.19. The summed E-state index contributed by atoms with van der Waals surface area (Å²) in [5.41, 5.74) is 2.31. The van der Waals surface area contributed by atoms with Crippen LogP contribution in [0.25, 0.3) is 0 Å². The third-order valence-electron chi connectivity index (χ3n) is 3.26. The number of benzene rings is 1. The second-order valence-corrected chi connectivity index (χ2v) is 4.98. The monoisotopic (exact) mass is 285 g/mol. The number of hydrogen-bond donors (Lipinski definition) is 0. The first-order valence-electron chi connectivity index (χ1n) is 6.95. The van der Waals surface area contributed by atoms with Crippen molar-refractivity contribution in [1.82, 2.24) is 4.57 Å². The van der Waals surface area contributed by atoms with E-state index in [1.165, 1.54) is 6.92 Å². The van der Waals surface area contributed by atoms with Gasteiger partial charge in [-0.05, 0) is 50.6 Å². The summed E-state index contributed by atoms with van der Waals surface area (Å²) in [5, 5.41) is 0. The largest absolute Gasteiger partial charge is 0.494 e. The van der Waals surface area contributed by atoms with Crippen molar-refractivity contribution in [2.45, 2.75) is 27.3 Å². The van der Waals surface area contributed by atoms with Crippen LogP contribution in [0.4, 0.5) is 0 Å². The number of hydrogen-bond acceptors (Lipinski definition) is 3. The molecule has 4 heteroatoms. The Morgan fingerprint density at radius 3 is 2.62 bits per heavy atom. The van der Waals surface area contributed by atoms with E-state index in [4.69, 9.17) is 4.74 Å². The fourth-order valence-electron chi connectivity index (χ4n) is 2.14. The second-order valence-electron chi connectivity index (χ2n) is 4.98. The van der Waals surface area contributed by atoms with Crippen LogP contribution in [0, 0.1) is 6.92 Å². The highest BCUT2D eigenvalue weighted by atomic mass is 16.5. The molecular formula is C17H19NO3. The first-order valence-corrected chi connectivity index (χ1v) is 6.95. The van der Waals surface area contributed by atoms with Crippen molar-refractivity contribution in [3.8, 4) is 5.75 Å². The van der Waals surface area contributed by atoms with Gasteiger partial charge in [0, 0.05) is 23.4 Å². The molecule has 0 aliphatic heterocycles. The molecule has 4 nitrogen and oxygen atoms in total. The van der Waals surface area contributed by atoms with E-state index in [0.29, 0.717) is 24.5 Å². The molecule has 0 saturated heterocycles. The molecule has 0 aliphatic rings. The molecule has 2 aromatic rings. The Morgan fingerprint density at radius 2 is 2.00 bits per heavy atom. The third kappa shape index (κ3) is 3.60. The molecule has 0 atom stereocenters. The molecule has 1 aromatic carbocycles. The Balaban J connectivity index is 2.42. The predicted molar refractivity (Wildman–Crippen MR) is 82.2 cm³/mol. The zero-order valence-corrected chi connectivity index (χ0v) is 12.6. The molecule has 0 N–H and O–H groups in total. The van der Waals surface area contributed by atoms with Crippen LogP contribution in [0.5, 0.6) is 5.75 Å². The molecule has 0 unspecified atom stereocenters. The molecule has 0 amide bonds. The van der Waals surface area contributed by atoms with Gasteiger partial charge in [0.1, 0.15) is 5.75 Å². The number of carbonyl (C=O) groups excluding carboxylic acids is 1. The number of nitrogens with zero attached hydrogens (tertiary/aromatic N) is 1. The summed E-state index contributed by atoms with van der Waals surface area (Å²) in [6.45, 7) is 6.23. The van der Waals surface area contributed by atoms with Crippen molar-refractivity contribution in [3.63, 3.8) is 0 Å². The zero-order valence-electron chi connectivity index (χ0n) is 12.6. The Morgan fingerprint density at radius 1 is 1.24 bits per heavy atom. The normalized spacial score (nSPS) is 10.4. The van der Waals surface area contributed by atoms with Gasteiger partial charge < -0.3 is 9.30 Å². The van der Waals surface area contributed by atoms with E-state index in [9.17, 15) is 9.59 Å². The maximum absolute atomic E-state index is 12.0. The Bertz CT molecular complexity index is 716. The molecule has 0 saturated carbocycles. The number of carbonyl (C=O) groups is 1. The number of pyridine rings is 1. The van der Waals surface area contributed by atoms with Gasteiger partial charge in [-0.2, -0.15) is 0 Å². The van der Waals surface area contributed by atoms with Crippen LogP contribution in [0.3, 0.4) is 0 Å². The first kappa shape index (κ1) is 15.0. The van der Waals surface area contributed by atoms with Crippen molar-refractivity contribution in [2.24, 2.45) is 0 Å². The number of aromatic nitrogens is 1. The van der Waals surface area contributed by atoms with Crippen LogP contribution >= 0.6 is 0 Å². The van der Waals surface area contributed by atoms with Crippen molar-refractivity contribution < 1.29 is 9.53 Å². The summed E-state index contributed by atoms with van der Waals surface area (Å²) in [7, 11) is 0. The molecule has 1 heterocycles. The minimum atomic E-state index is -0.0642. The minimum absolute atomic E-state index is 0.00412. The molecule has 110 valence electrons. The van der Waals surface area contributed by atoms with Gasteiger partial charge in [0.25, 0.3) is 5.56 Å². The lowest BCUT2D eigenvalue weighted by Gasteiger charge is -2.13. The van der Waals surface area contributed by atoms with Crippen molar-refractivity contribution in [2.75, 3.05) is 6.61 Å². The van der Waals surface area contributed by atoms with Crippen LogP contribution in [0.1, 0.15) is 35.3 Å². The number of Topliss-reactive ketones (excluding diaryl/α,β-unsaturated/α-hetero) is 1. The summed E-state index contributed by atoms with van der Waals surface area (Å²) < 4.78 is 7.19. The smallest absolute Gasteiger partial charge is 0.251 e. The average molecular weight is 285 g/mol. The standard InChI is InChI=1S/C17H19NO3/c1-4-21-16-6-5-14(13(3)19)10-15(16)11-18-8-7-12(2)9-17(18)20/h5-10H,4,11H2,1-3H3. The van der Waals surface area contributed by atoms with Crippen LogP contribution in [0.2, 0.25) is 0 Å². The topological polar surface area (TPSA) is 48.3 Å². The molecule has 0 aliphatic carbocycles. The van der Waals surface area contributed by atoms with Gasteiger partial charge in [-0.25, -0.2) is 0 Å². The van der Waals surface area contributed by atoms with E-state index in [0.717, 1.165) is 11.1 Å². The lowest BCUT2D eigenvalue weighted by molar-refractivity contribution is 0.101. The van der Waals surface area contributed by atoms with Gasteiger partial charge in [-0.3, -0.25) is 9.59 Å². The van der Waals surface area contributed by atoms with Crippen molar-refractivity contribution >= 4 is 5.78 Å². The maximum Gasteiger partial charge on any atom is 0.251 e. The van der Waals surface area contributed by atoms with Gasteiger partial charge in [0.05, 0.1) is 13.2 Å². The molecular weight excluding hydrogens is 266 g/mol. The first-order chi connectivity index (χ1) is 10.0. The number of ether oxygens (including phenoxy) is 1. The fraction of sp³-hybridized carbons (Fsp3) is 0.294. The van der Waals surface area contributed by atoms with Crippen LogP contribution in [0.15, 0.2) is 41.3 Å². The average Bonchev–Trinajstić information content (AvgIpc) is 2.43. The van der Waals surface area contributed by atoms with Crippen molar-refractivity contribution in [1.29, 1.82) is 0 Å². The van der Waals surface area contributed by atoms with Gasteiger partial charge >= 0.3 is 0 Å². The molecule has 0 bridgehead atoms. The summed E-state index contributed by atoms with van der Waals surface area (Å²) in [6.07, 6.45) is 1.76. The minimum Gasteiger partial charge on any atom is -0.494 e. The molecule has 1 aromatic heterocycles. The van der Waals surface area contributed by atoms with E-state index in [1.54, 1.807) is 35.0 Å². The number of ketones is 1. The maximum atomic E-state index is 12.0. The second kappa shape index (κ2) is 6.39. The Labute approximate surface area is 124 Å². The Kier molecular flexibility index (Phi) is 4.58. The molecule has 0 spiro atoms. The number of aryl methyl sites for hydroxylation is 1. The van der Waals surface area contributed by atoms with E-state index >= 15 is 0 Å². The van der Waals surface area contributed by atoms with Crippen molar-refractivity contribution in [3.05, 3.63) is 63.6 Å². The molecule has 21 heavy (non-hydrogen) atoms. The molecule has 0 radical (unpaired) electrons. The summed E-state index contributed by atoms with van der Waals surface area (Å²) in [5.74, 6) is 0.700. The third-order valence-corrected chi connectivity index (χ3v) is 3.26. The van der Waals surface area contributed by atoms with E-state index in [2.05, 4.69) is 0 Å². The van der Waals surface area contributed by atoms with Crippen LogP contribution in [-0.4, -0.2) is 17.0 Å². The summed E-state index contributed by atoms with van der Waals surface area (Å²) in [4.78, 5) is 23.5. The highest BCUT2D eigenvalue weighted by Gasteiger charge is 2.09. The highest BCUT2D eigenvalue weighted by Crippen LogP contribution is 2.21. The SMILES string of the molecule is CCOc1ccc(C(C)=O)cc1Cn1ccc(C)cc1=O. The quantitative estimate of drug-likeness (QED) is 0.794. The van der Waals surface area contributed by atoms with E-state index in [-0.39, 0.29) is 11.3 Å². The van der Waals surface area contributed by atoms with Gasteiger partial charge in [-0.15, -0.1) is 0 Å². The van der Waals surface area contributed by atoms with E-state index < -0.39 is 0 Å². The van der Waals surface area contributed by atoms with Gasteiger partial charge in [-0.1, -0.05) is 0 Å². The molecule has 0 fully saturated rings. The zero-order chi connectivity index (χ0) is 15.4. The van der Waals surface area contributed by atoms with Crippen LogP contribution in [-0.2, 0) is 6.54 Å². The highest BCUT2D eigenvalue weighted by molar-refractivity contribution is 5.94. The van der Waals surface area contributed by atoms with Gasteiger partial charge in [0.15, 0.2) is 5.78 Å². The van der Waals surface area contributed by atoms with E-state index in [1.807, 2.05) is 19.9 Å². The number of rotatable bonds is 5. The fourth-order valence-corrected chi connectivity index (χ4v) is 2.14. The Hall–Kier alpha value is -2.36. The predicted octanol–water partition coefficient (Wildman–Crippen LogP) is 2.81. The molecule has 2 rings (SSSR count).